The molecule has 0 aromatic carbocycles. The first kappa shape index (κ1) is 11.0. The summed E-state index contributed by atoms with van der Waals surface area (Å²) in [6, 6.07) is 0. The van der Waals surface area contributed by atoms with Gasteiger partial charge in [0.25, 0.3) is 5.91 Å². The summed E-state index contributed by atoms with van der Waals surface area (Å²) < 4.78 is 0. The number of hydrogen-bond donors (Lipinski definition) is 0. The van der Waals surface area contributed by atoms with E-state index in [1.165, 1.54) is 4.90 Å². The molecule has 1 saturated heterocycles. The molecule has 2 amide bonds. The molecule has 3 heteroatoms. The van der Waals surface area contributed by atoms with Crippen LogP contribution < -0.4 is 0 Å². The van der Waals surface area contributed by atoms with Gasteiger partial charge in [-0.15, -0.1) is 0 Å². The van der Waals surface area contributed by atoms with Crippen molar-refractivity contribution in [2.45, 2.75) is 46.6 Å². The Morgan fingerprint density at radius 2 is 1.71 bits per heavy atom. The van der Waals surface area contributed by atoms with Crippen molar-refractivity contribution in [1.82, 2.24) is 4.90 Å². The maximum Gasteiger partial charge on any atom is 0.257 e. The van der Waals surface area contributed by atoms with Gasteiger partial charge in [0.2, 0.25) is 5.91 Å². The van der Waals surface area contributed by atoms with Crippen molar-refractivity contribution in [1.29, 1.82) is 0 Å². The molecule has 0 aromatic heterocycles. The molecule has 1 rings (SSSR count). The summed E-state index contributed by atoms with van der Waals surface area (Å²) in [5.74, 6) is -0.207. The average molecular weight is 195 g/mol. The van der Waals surface area contributed by atoms with Crippen molar-refractivity contribution < 1.29 is 9.59 Å². The maximum atomic E-state index is 11.9. The van der Waals surface area contributed by atoms with E-state index in [4.69, 9.17) is 0 Å². The number of imide groups is 1. The van der Waals surface area contributed by atoms with Crippen LogP contribution in [0.3, 0.4) is 0 Å². The molecule has 0 saturated carbocycles. The van der Waals surface area contributed by atoms with Crippen LogP contribution in [-0.4, -0.2) is 22.3 Å². The van der Waals surface area contributed by atoms with Gasteiger partial charge in [-0.05, 0) is 34.6 Å². The summed E-state index contributed by atoms with van der Waals surface area (Å²) in [5.41, 5.74) is 1.19. The number of amides is 2. The minimum atomic E-state index is -0.411. The molecule has 1 aliphatic heterocycles. The summed E-state index contributed by atoms with van der Waals surface area (Å²) in [6.07, 6.45) is 0.262. The van der Waals surface area contributed by atoms with Crippen LogP contribution in [0.15, 0.2) is 11.1 Å². The molecule has 78 valence electrons. The summed E-state index contributed by atoms with van der Waals surface area (Å²) in [4.78, 5) is 24.8. The quantitative estimate of drug-likeness (QED) is 0.437. The number of likely N-dealkylation sites (tertiary alicyclic amines) is 1. The highest BCUT2D eigenvalue weighted by atomic mass is 16.2. The average Bonchev–Trinajstić information content (AvgIpc) is 2.24. The topological polar surface area (TPSA) is 37.4 Å². The van der Waals surface area contributed by atoms with Gasteiger partial charge in [0.15, 0.2) is 0 Å². The van der Waals surface area contributed by atoms with Crippen molar-refractivity contribution >= 4 is 11.8 Å². The van der Waals surface area contributed by atoms with Gasteiger partial charge in [0.1, 0.15) is 0 Å². The number of allylic oxidation sites excluding steroid dienone is 1. The smallest absolute Gasteiger partial charge is 0.257 e. The second-order valence-electron chi connectivity index (χ2n) is 4.86. The minimum Gasteiger partial charge on any atom is -0.274 e. The lowest BCUT2D eigenvalue weighted by molar-refractivity contribution is -0.142. The lowest BCUT2D eigenvalue weighted by Crippen LogP contribution is -2.45. The molecular formula is C11H17NO2. The third kappa shape index (κ3) is 1.72. The zero-order valence-electron chi connectivity index (χ0n) is 9.47. The van der Waals surface area contributed by atoms with E-state index in [-0.39, 0.29) is 18.2 Å². The Hall–Kier alpha value is -1.12. The fourth-order valence-corrected chi connectivity index (χ4v) is 1.62. The number of carbonyl (C=O) groups is 2. The predicted octanol–water partition coefficient (Wildman–Crippen LogP) is 1.88. The highest BCUT2D eigenvalue weighted by Gasteiger charge is 2.40. The standard InChI is InChI=1S/C11H17NO2/c1-7(2)8-6-9(13)12(10(8)14)11(3,4)5/h6H2,1-5H3. The fourth-order valence-electron chi connectivity index (χ4n) is 1.62. The number of carbonyl (C=O) groups excluding carboxylic acids is 2. The Kier molecular flexibility index (Phi) is 2.52. The summed E-state index contributed by atoms with van der Waals surface area (Å²) >= 11 is 0. The van der Waals surface area contributed by atoms with E-state index in [0.717, 1.165) is 5.57 Å². The van der Waals surface area contributed by atoms with Crippen LogP contribution in [0.1, 0.15) is 41.0 Å². The third-order valence-electron chi connectivity index (χ3n) is 2.31. The molecule has 1 aliphatic rings. The second-order valence-corrected chi connectivity index (χ2v) is 4.86. The van der Waals surface area contributed by atoms with Gasteiger partial charge in [0, 0.05) is 11.1 Å². The zero-order chi connectivity index (χ0) is 11.1. The normalized spacial score (nSPS) is 18.1. The third-order valence-corrected chi connectivity index (χ3v) is 2.31. The lowest BCUT2D eigenvalue weighted by atomic mass is 10.1. The van der Waals surface area contributed by atoms with Crippen LogP contribution >= 0.6 is 0 Å². The second kappa shape index (κ2) is 3.23. The van der Waals surface area contributed by atoms with E-state index in [9.17, 15) is 9.59 Å². The van der Waals surface area contributed by atoms with Crippen LogP contribution in [0.2, 0.25) is 0 Å². The van der Waals surface area contributed by atoms with Gasteiger partial charge in [-0.2, -0.15) is 0 Å². The first-order valence-electron chi connectivity index (χ1n) is 4.79. The zero-order valence-corrected chi connectivity index (χ0v) is 9.47. The molecule has 14 heavy (non-hydrogen) atoms. The number of nitrogens with zero attached hydrogens (tertiary/aromatic N) is 1. The van der Waals surface area contributed by atoms with Crippen LogP contribution in [0, 0.1) is 0 Å². The SMILES string of the molecule is CC(C)=C1CC(=O)N(C(C)(C)C)C1=O. The van der Waals surface area contributed by atoms with Crippen LogP contribution in [0.5, 0.6) is 0 Å². The first-order valence-corrected chi connectivity index (χ1v) is 4.79. The van der Waals surface area contributed by atoms with E-state index in [1.54, 1.807) is 0 Å². The molecule has 0 radical (unpaired) electrons. The minimum absolute atomic E-state index is 0.0845. The molecule has 3 nitrogen and oxygen atoms in total. The molecule has 0 aliphatic carbocycles. The fraction of sp³-hybridized carbons (Fsp3) is 0.636. The highest BCUT2D eigenvalue weighted by molar-refractivity contribution is 6.14. The lowest BCUT2D eigenvalue weighted by Gasteiger charge is -2.29. The Labute approximate surface area is 84.8 Å². The summed E-state index contributed by atoms with van der Waals surface area (Å²) in [7, 11) is 0. The summed E-state index contributed by atoms with van der Waals surface area (Å²) in [5, 5.41) is 0. The van der Waals surface area contributed by atoms with Gasteiger partial charge in [-0.3, -0.25) is 14.5 Å². The molecule has 1 fully saturated rings. The number of rotatable bonds is 0. The van der Waals surface area contributed by atoms with E-state index >= 15 is 0 Å². The van der Waals surface area contributed by atoms with E-state index in [0.29, 0.717) is 5.57 Å². The van der Waals surface area contributed by atoms with Crippen LogP contribution in [-0.2, 0) is 9.59 Å². The molecule has 0 unspecified atom stereocenters. The van der Waals surface area contributed by atoms with Crippen molar-refractivity contribution in [2.75, 3.05) is 0 Å². The first-order chi connectivity index (χ1) is 6.25. The molecular weight excluding hydrogens is 178 g/mol. The van der Waals surface area contributed by atoms with Crippen molar-refractivity contribution in [3.63, 3.8) is 0 Å². The van der Waals surface area contributed by atoms with Crippen LogP contribution in [0.25, 0.3) is 0 Å². The molecule has 0 N–H and O–H groups in total. The van der Waals surface area contributed by atoms with Crippen LogP contribution in [0.4, 0.5) is 0 Å². The van der Waals surface area contributed by atoms with Crippen molar-refractivity contribution in [2.24, 2.45) is 0 Å². The molecule has 0 aromatic rings. The van der Waals surface area contributed by atoms with Gasteiger partial charge in [0.05, 0.1) is 6.42 Å². The van der Waals surface area contributed by atoms with Crippen molar-refractivity contribution in [3.05, 3.63) is 11.1 Å². The van der Waals surface area contributed by atoms with E-state index in [1.807, 2.05) is 34.6 Å². The highest BCUT2D eigenvalue weighted by Crippen LogP contribution is 2.28. The maximum absolute atomic E-state index is 11.9. The Bertz CT molecular complexity index is 317. The summed E-state index contributed by atoms with van der Waals surface area (Å²) in [6.45, 7) is 9.35. The molecule has 0 atom stereocenters. The van der Waals surface area contributed by atoms with Gasteiger partial charge >= 0.3 is 0 Å². The molecule has 0 spiro atoms. The molecule has 0 bridgehead atoms. The van der Waals surface area contributed by atoms with Crippen molar-refractivity contribution in [3.8, 4) is 0 Å². The van der Waals surface area contributed by atoms with Gasteiger partial charge in [-0.25, -0.2) is 0 Å². The molecule has 1 heterocycles. The van der Waals surface area contributed by atoms with E-state index < -0.39 is 5.54 Å². The largest absolute Gasteiger partial charge is 0.274 e. The Morgan fingerprint density at radius 1 is 1.21 bits per heavy atom. The number of hydrogen-bond acceptors (Lipinski definition) is 2. The predicted molar refractivity (Wildman–Crippen MR) is 54.6 cm³/mol. The Balaban J connectivity index is 3.11. The Morgan fingerprint density at radius 3 is 1.93 bits per heavy atom. The monoisotopic (exact) mass is 195 g/mol. The van der Waals surface area contributed by atoms with Gasteiger partial charge < -0.3 is 0 Å². The van der Waals surface area contributed by atoms with E-state index in [2.05, 4.69) is 0 Å². The van der Waals surface area contributed by atoms with Gasteiger partial charge in [-0.1, -0.05) is 5.57 Å².